The maximum absolute atomic E-state index is 12.5. The van der Waals surface area contributed by atoms with Crippen molar-refractivity contribution in [3.8, 4) is 0 Å². The minimum Gasteiger partial charge on any atom is -0.273 e. The monoisotopic (exact) mass is 357 g/mol. The van der Waals surface area contributed by atoms with Crippen molar-refractivity contribution in [1.29, 1.82) is 0 Å². The number of nitro groups is 1. The van der Waals surface area contributed by atoms with Gasteiger partial charge in [0.15, 0.2) is 0 Å². The van der Waals surface area contributed by atoms with Crippen molar-refractivity contribution in [3.05, 3.63) is 80.9 Å². The summed E-state index contributed by atoms with van der Waals surface area (Å²) < 4.78 is 0. The van der Waals surface area contributed by atoms with Crippen molar-refractivity contribution in [2.45, 2.75) is 24.5 Å². The summed E-state index contributed by atoms with van der Waals surface area (Å²) in [6.45, 7) is 0.493. The van der Waals surface area contributed by atoms with Gasteiger partial charge in [0.1, 0.15) is 12.1 Å². The first kappa shape index (κ1) is 16.1. The molecule has 0 bridgehead atoms. The van der Waals surface area contributed by atoms with E-state index in [0.29, 0.717) is 18.0 Å². The third-order valence-electron chi connectivity index (χ3n) is 4.91. The largest absolute Gasteiger partial charge is 0.273 e. The summed E-state index contributed by atoms with van der Waals surface area (Å²) >= 11 is 5.96. The number of hydrogen-bond acceptors (Lipinski definition) is 4. The van der Waals surface area contributed by atoms with Crippen LogP contribution < -0.4 is 0 Å². The lowest BCUT2D eigenvalue weighted by molar-refractivity contribution is -0.530. The lowest BCUT2D eigenvalue weighted by Crippen LogP contribution is -2.35. The van der Waals surface area contributed by atoms with Crippen LogP contribution >= 0.6 is 11.6 Å². The Hall–Kier alpha value is -2.44. The summed E-state index contributed by atoms with van der Waals surface area (Å²) in [5, 5.41) is 16.0. The first-order chi connectivity index (χ1) is 12.1. The second-order valence-electron chi connectivity index (χ2n) is 6.28. The Bertz CT molecular complexity index is 812. The van der Waals surface area contributed by atoms with E-state index in [1.807, 2.05) is 35.3 Å². The molecular weight excluding hydrogens is 342 g/mol. The maximum atomic E-state index is 12.5. The van der Waals surface area contributed by atoms with Gasteiger partial charge in [-0.2, -0.15) is 0 Å². The van der Waals surface area contributed by atoms with Crippen LogP contribution in [0, 0.1) is 10.1 Å². The molecule has 4 rings (SSSR count). The summed E-state index contributed by atoms with van der Waals surface area (Å²) in [4.78, 5) is 24.2. The predicted molar refractivity (Wildman–Crippen MR) is 92.3 cm³/mol. The Morgan fingerprint density at radius 2 is 1.64 bits per heavy atom. The van der Waals surface area contributed by atoms with Crippen LogP contribution in [0.25, 0.3) is 0 Å². The second kappa shape index (κ2) is 6.13. The first-order valence-corrected chi connectivity index (χ1v) is 8.48. The molecule has 2 saturated heterocycles. The third kappa shape index (κ3) is 2.58. The van der Waals surface area contributed by atoms with Gasteiger partial charge in [-0.1, -0.05) is 54.1 Å². The molecule has 1 amide bonds. The van der Waals surface area contributed by atoms with Gasteiger partial charge in [-0.15, -0.1) is 0 Å². The molecular formula is C18H16ClN3O3. The predicted octanol–water partition coefficient (Wildman–Crippen LogP) is 3.23. The van der Waals surface area contributed by atoms with Crippen LogP contribution in [-0.4, -0.2) is 33.4 Å². The van der Waals surface area contributed by atoms with Crippen LogP contribution in [0.15, 0.2) is 54.6 Å². The van der Waals surface area contributed by atoms with E-state index in [9.17, 15) is 14.9 Å². The van der Waals surface area contributed by atoms with E-state index < -0.39 is 18.1 Å². The van der Waals surface area contributed by atoms with Crippen molar-refractivity contribution < 1.29 is 9.72 Å². The van der Waals surface area contributed by atoms with Gasteiger partial charge in [0.25, 0.3) is 6.04 Å². The van der Waals surface area contributed by atoms with Crippen molar-refractivity contribution >= 4 is 17.5 Å². The zero-order valence-electron chi connectivity index (χ0n) is 13.3. The summed E-state index contributed by atoms with van der Waals surface area (Å²) in [6, 6.07) is 14.3. The van der Waals surface area contributed by atoms with E-state index in [-0.39, 0.29) is 10.8 Å². The van der Waals surface area contributed by atoms with Crippen LogP contribution in [0.4, 0.5) is 0 Å². The number of fused-ring (bicyclic) bond motifs is 1. The molecule has 0 N–H and O–H groups in total. The molecule has 2 fully saturated rings. The number of benzene rings is 2. The highest BCUT2D eigenvalue weighted by Crippen LogP contribution is 2.48. The molecule has 0 spiro atoms. The molecule has 0 unspecified atom stereocenters. The molecule has 2 aromatic rings. The molecule has 0 radical (unpaired) electrons. The van der Waals surface area contributed by atoms with Crippen LogP contribution in [0.3, 0.4) is 0 Å². The van der Waals surface area contributed by atoms with E-state index in [4.69, 9.17) is 11.6 Å². The Labute approximate surface area is 149 Å². The molecule has 2 aromatic carbocycles. The number of hydrazine groups is 1. The van der Waals surface area contributed by atoms with Gasteiger partial charge in [-0.3, -0.25) is 19.9 Å². The normalized spacial score (nSPS) is 26.0. The van der Waals surface area contributed by atoms with E-state index in [2.05, 4.69) is 0 Å². The van der Waals surface area contributed by atoms with Gasteiger partial charge < -0.3 is 0 Å². The molecule has 128 valence electrons. The molecule has 2 aliphatic heterocycles. The molecule has 0 saturated carbocycles. The minimum atomic E-state index is -0.937. The number of amides is 1. The van der Waals surface area contributed by atoms with Gasteiger partial charge in [0.05, 0.1) is 0 Å². The van der Waals surface area contributed by atoms with Gasteiger partial charge in [0, 0.05) is 22.9 Å². The first-order valence-electron chi connectivity index (χ1n) is 8.10. The summed E-state index contributed by atoms with van der Waals surface area (Å²) in [5.74, 6) is -0.0785. The number of halogens is 1. The summed E-state index contributed by atoms with van der Waals surface area (Å²) in [5.41, 5.74) is 1.57. The van der Waals surface area contributed by atoms with Crippen molar-refractivity contribution in [2.24, 2.45) is 0 Å². The van der Waals surface area contributed by atoms with Gasteiger partial charge >= 0.3 is 0 Å². The zero-order valence-corrected chi connectivity index (χ0v) is 14.0. The molecule has 0 aromatic heterocycles. The fraction of sp³-hybridized carbons (Fsp3) is 0.278. The van der Waals surface area contributed by atoms with Crippen molar-refractivity contribution in [3.63, 3.8) is 0 Å². The molecule has 6 nitrogen and oxygen atoms in total. The number of carbonyl (C=O) groups excluding carboxylic acids is 1. The van der Waals surface area contributed by atoms with Crippen LogP contribution in [0.5, 0.6) is 0 Å². The standard InChI is InChI=1S/C18H16ClN3O3/c19-14-8-6-13(7-9-14)17-18(22(24)25)16(12-4-2-1-3-5-12)20-11-10-15(23)21(17)20/h1-9,16-18H,10-11H2/t16-,17-,18+/m1/s1. The van der Waals surface area contributed by atoms with E-state index in [1.54, 1.807) is 29.3 Å². The quantitative estimate of drug-likeness (QED) is 0.624. The molecule has 2 aliphatic rings. The average Bonchev–Trinajstić information content (AvgIpc) is 3.14. The average molecular weight is 358 g/mol. The van der Waals surface area contributed by atoms with Crippen LogP contribution in [0.2, 0.25) is 5.02 Å². The highest BCUT2D eigenvalue weighted by molar-refractivity contribution is 6.30. The lowest BCUT2D eigenvalue weighted by atomic mass is 9.91. The van der Waals surface area contributed by atoms with Crippen LogP contribution in [0.1, 0.15) is 29.6 Å². The Balaban J connectivity index is 1.85. The summed E-state index contributed by atoms with van der Waals surface area (Å²) in [6.07, 6.45) is 0.373. The minimum absolute atomic E-state index is 0.0785. The third-order valence-corrected chi connectivity index (χ3v) is 5.17. The molecule has 25 heavy (non-hydrogen) atoms. The van der Waals surface area contributed by atoms with Gasteiger partial charge in [-0.25, -0.2) is 5.01 Å². The second-order valence-corrected chi connectivity index (χ2v) is 6.72. The number of rotatable bonds is 3. The molecule has 2 heterocycles. The summed E-state index contributed by atoms with van der Waals surface area (Å²) in [7, 11) is 0. The van der Waals surface area contributed by atoms with E-state index in [0.717, 1.165) is 11.1 Å². The SMILES string of the molecule is O=C1CCN2[C@H](c3ccccc3)[C@H]([N+](=O)[O-])[C@@H](c3ccc(Cl)cc3)N12. The molecule has 0 aliphatic carbocycles. The fourth-order valence-electron chi connectivity index (χ4n) is 3.91. The van der Waals surface area contributed by atoms with Gasteiger partial charge in [0.2, 0.25) is 5.91 Å². The number of carbonyl (C=O) groups is 1. The Morgan fingerprint density at radius 1 is 1.00 bits per heavy atom. The van der Waals surface area contributed by atoms with E-state index >= 15 is 0 Å². The molecule has 3 atom stereocenters. The topological polar surface area (TPSA) is 66.7 Å². The van der Waals surface area contributed by atoms with Crippen molar-refractivity contribution in [1.82, 2.24) is 10.0 Å². The lowest BCUT2D eigenvalue weighted by Gasteiger charge is -2.26. The Morgan fingerprint density at radius 3 is 2.28 bits per heavy atom. The van der Waals surface area contributed by atoms with Crippen LogP contribution in [-0.2, 0) is 4.79 Å². The maximum Gasteiger partial charge on any atom is 0.259 e. The highest BCUT2D eigenvalue weighted by Gasteiger charge is 2.59. The van der Waals surface area contributed by atoms with Gasteiger partial charge in [-0.05, 0) is 23.3 Å². The Kier molecular flexibility index (Phi) is 3.94. The smallest absolute Gasteiger partial charge is 0.259 e. The number of nitrogens with zero attached hydrogens (tertiary/aromatic N) is 3. The highest BCUT2D eigenvalue weighted by atomic mass is 35.5. The molecule has 7 heteroatoms. The fourth-order valence-corrected chi connectivity index (χ4v) is 4.03. The zero-order chi connectivity index (χ0) is 17.6. The van der Waals surface area contributed by atoms with E-state index in [1.165, 1.54) is 0 Å². The van der Waals surface area contributed by atoms with Crippen molar-refractivity contribution in [2.75, 3.05) is 6.54 Å². The number of hydrogen-bond donors (Lipinski definition) is 0.